The largest absolute Gasteiger partial charge is 0.337 e. The summed E-state index contributed by atoms with van der Waals surface area (Å²) in [6.45, 7) is 1.78. The van der Waals surface area contributed by atoms with E-state index < -0.39 is 0 Å². The van der Waals surface area contributed by atoms with E-state index in [-0.39, 0.29) is 34.2 Å². The summed E-state index contributed by atoms with van der Waals surface area (Å²) in [6.07, 6.45) is 0.250. The number of aromatic nitrogens is 1. The topological polar surface area (TPSA) is 57.0 Å². The number of nitrogens with zero attached hydrogens (tertiary/aromatic N) is 3. The third-order valence-electron chi connectivity index (χ3n) is 2.38. The first-order valence-corrected chi connectivity index (χ1v) is 5.69. The zero-order valence-electron chi connectivity index (χ0n) is 9.44. The molecule has 1 rings (SSSR count). The van der Waals surface area contributed by atoms with Crippen LogP contribution in [0.15, 0.2) is 12.1 Å². The van der Waals surface area contributed by atoms with Gasteiger partial charge in [-0.25, -0.2) is 4.98 Å². The number of halogens is 2. The molecule has 0 spiro atoms. The number of carbonyl (C=O) groups excluding carboxylic acids is 1. The van der Waals surface area contributed by atoms with E-state index in [1.54, 1.807) is 14.0 Å². The molecule has 90 valence electrons. The third kappa shape index (κ3) is 3.32. The van der Waals surface area contributed by atoms with Crippen LogP contribution < -0.4 is 0 Å². The van der Waals surface area contributed by atoms with Crippen LogP contribution in [0.25, 0.3) is 0 Å². The number of hydrogen-bond acceptors (Lipinski definition) is 3. The van der Waals surface area contributed by atoms with E-state index in [1.165, 1.54) is 17.0 Å². The number of pyridine rings is 1. The summed E-state index contributed by atoms with van der Waals surface area (Å²) in [5.41, 5.74) is 0.103. The Bertz CT molecular complexity index is 470. The molecule has 1 unspecified atom stereocenters. The molecule has 1 aromatic rings. The molecule has 0 saturated heterocycles. The minimum Gasteiger partial charge on any atom is -0.337 e. The maximum absolute atomic E-state index is 12.0. The van der Waals surface area contributed by atoms with E-state index in [1.807, 2.05) is 6.07 Å². The van der Waals surface area contributed by atoms with Gasteiger partial charge in [0.15, 0.2) is 0 Å². The Morgan fingerprint density at radius 2 is 2.24 bits per heavy atom. The van der Waals surface area contributed by atoms with Gasteiger partial charge in [-0.15, -0.1) is 0 Å². The highest BCUT2D eigenvalue weighted by Gasteiger charge is 2.21. The Kier molecular flexibility index (Phi) is 4.73. The van der Waals surface area contributed by atoms with E-state index in [0.29, 0.717) is 0 Å². The Labute approximate surface area is 110 Å². The van der Waals surface area contributed by atoms with Crippen LogP contribution >= 0.6 is 23.2 Å². The van der Waals surface area contributed by atoms with Crippen LogP contribution in [0.3, 0.4) is 0 Å². The highest BCUT2D eigenvalue weighted by Crippen LogP contribution is 2.19. The van der Waals surface area contributed by atoms with Gasteiger partial charge in [0, 0.05) is 13.1 Å². The first-order chi connectivity index (χ1) is 7.97. The van der Waals surface area contributed by atoms with E-state index >= 15 is 0 Å². The van der Waals surface area contributed by atoms with Gasteiger partial charge in [-0.1, -0.05) is 23.2 Å². The van der Waals surface area contributed by atoms with E-state index in [2.05, 4.69) is 4.98 Å². The van der Waals surface area contributed by atoms with Crippen molar-refractivity contribution >= 4 is 29.1 Å². The molecule has 17 heavy (non-hydrogen) atoms. The lowest BCUT2D eigenvalue weighted by atomic mass is 10.2. The first kappa shape index (κ1) is 13.8. The van der Waals surface area contributed by atoms with E-state index in [0.717, 1.165) is 0 Å². The highest BCUT2D eigenvalue weighted by molar-refractivity contribution is 6.34. The number of nitriles is 1. The van der Waals surface area contributed by atoms with Gasteiger partial charge in [-0.05, 0) is 19.1 Å². The van der Waals surface area contributed by atoms with Gasteiger partial charge in [0.25, 0.3) is 5.91 Å². The Morgan fingerprint density at radius 3 is 2.82 bits per heavy atom. The minimum atomic E-state index is -0.347. The quantitative estimate of drug-likeness (QED) is 0.795. The van der Waals surface area contributed by atoms with Crippen molar-refractivity contribution in [1.29, 1.82) is 5.26 Å². The molecular weight excluding hydrogens is 261 g/mol. The minimum absolute atomic E-state index is 0.103. The van der Waals surface area contributed by atoms with Crippen LogP contribution in [0.2, 0.25) is 10.2 Å². The zero-order chi connectivity index (χ0) is 13.0. The Morgan fingerprint density at radius 1 is 1.59 bits per heavy atom. The number of hydrogen-bond donors (Lipinski definition) is 0. The van der Waals surface area contributed by atoms with Crippen molar-refractivity contribution in [3.05, 3.63) is 28.0 Å². The van der Waals surface area contributed by atoms with Crippen LogP contribution in [-0.4, -0.2) is 28.9 Å². The van der Waals surface area contributed by atoms with Gasteiger partial charge in [0.1, 0.15) is 10.8 Å². The molecule has 0 aliphatic rings. The molecule has 0 saturated carbocycles. The molecule has 1 amide bonds. The normalized spacial score (nSPS) is 11.7. The van der Waals surface area contributed by atoms with Crippen LogP contribution in [-0.2, 0) is 0 Å². The van der Waals surface area contributed by atoms with Crippen molar-refractivity contribution in [3.8, 4) is 6.07 Å². The number of amides is 1. The summed E-state index contributed by atoms with van der Waals surface area (Å²) in [6, 6.07) is 4.84. The molecular formula is C11H11Cl2N3O. The van der Waals surface area contributed by atoms with Crippen molar-refractivity contribution < 1.29 is 4.79 Å². The lowest BCUT2D eigenvalue weighted by molar-refractivity contribution is 0.0740. The van der Waals surface area contributed by atoms with Crippen LogP contribution in [0.5, 0.6) is 0 Å². The average molecular weight is 272 g/mol. The maximum atomic E-state index is 12.0. The molecule has 0 bridgehead atoms. The van der Waals surface area contributed by atoms with Gasteiger partial charge >= 0.3 is 0 Å². The average Bonchev–Trinajstić information content (AvgIpc) is 2.30. The Hall–Kier alpha value is -1.31. The van der Waals surface area contributed by atoms with Gasteiger partial charge in [0.05, 0.1) is 17.5 Å². The lowest BCUT2D eigenvalue weighted by Gasteiger charge is -2.22. The van der Waals surface area contributed by atoms with Gasteiger partial charge in [-0.3, -0.25) is 4.79 Å². The second kappa shape index (κ2) is 5.85. The van der Waals surface area contributed by atoms with Crippen molar-refractivity contribution in [2.45, 2.75) is 19.4 Å². The molecule has 1 aromatic heterocycles. The first-order valence-electron chi connectivity index (χ1n) is 4.93. The standard InChI is InChI=1S/C11H11Cl2N3O/c1-7(5-6-14)16(2)11(17)10-8(12)3-4-9(13)15-10/h3-4,7H,5H2,1-2H3. The molecule has 0 fully saturated rings. The van der Waals surface area contributed by atoms with E-state index in [9.17, 15) is 4.79 Å². The summed E-state index contributed by atoms with van der Waals surface area (Å²) in [4.78, 5) is 17.4. The lowest BCUT2D eigenvalue weighted by Crippen LogP contribution is -2.35. The fourth-order valence-corrected chi connectivity index (χ4v) is 1.54. The molecule has 0 aliphatic carbocycles. The SMILES string of the molecule is CC(CC#N)N(C)C(=O)c1nc(Cl)ccc1Cl. The summed E-state index contributed by atoms with van der Waals surface area (Å²) in [5.74, 6) is -0.347. The van der Waals surface area contributed by atoms with Crippen LogP contribution in [0.1, 0.15) is 23.8 Å². The predicted molar refractivity (Wildman–Crippen MR) is 66.0 cm³/mol. The van der Waals surface area contributed by atoms with Gasteiger partial charge < -0.3 is 4.90 Å². The molecule has 1 heterocycles. The Balaban J connectivity index is 2.96. The molecule has 6 heteroatoms. The van der Waals surface area contributed by atoms with Crippen molar-refractivity contribution in [1.82, 2.24) is 9.88 Å². The zero-order valence-corrected chi connectivity index (χ0v) is 11.0. The monoisotopic (exact) mass is 271 g/mol. The molecule has 1 atom stereocenters. The summed E-state index contributed by atoms with van der Waals surface area (Å²) >= 11 is 11.6. The highest BCUT2D eigenvalue weighted by atomic mass is 35.5. The second-order valence-electron chi connectivity index (χ2n) is 3.59. The van der Waals surface area contributed by atoms with Gasteiger partial charge in [0.2, 0.25) is 0 Å². The molecule has 0 N–H and O–H groups in total. The summed E-state index contributed by atoms with van der Waals surface area (Å²) in [5, 5.41) is 9.04. The van der Waals surface area contributed by atoms with Crippen molar-refractivity contribution in [3.63, 3.8) is 0 Å². The van der Waals surface area contributed by atoms with Crippen LogP contribution in [0.4, 0.5) is 0 Å². The molecule has 0 aliphatic heterocycles. The summed E-state index contributed by atoms with van der Waals surface area (Å²) < 4.78 is 0. The van der Waals surface area contributed by atoms with E-state index in [4.69, 9.17) is 28.5 Å². The summed E-state index contributed by atoms with van der Waals surface area (Å²) in [7, 11) is 1.60. The number of rotatable bonds is 3. The third-order valence-corrected chi connectivity index (χ3v) is 2.90. The predicted octanol–water partition coefficient (Wildman–Crippen LogP) is 2.76. The second-order valence-corrected chi connectivity index (χ2v) is 4.39. The smallest absolute Gasteiger partial charge is 0.274 e. The van der Waals surface area contributed by atoms with Gasteiger partial charge in [-0.2, -0.15) is 5.26 Å². The fourth-order valence-electron chi connectivity index (χ4n) is 1.20. The fraction of sp³-hybridized carbons (Fsp3) is 0.364. The van der Waals surface area contributed by atoms with Crippen molar-refractivity contribution in [2.24, 2.45) is 0 Å². The number of carbonyl (C=O) groups is 1. The van der Waals surface area contributed by atoms with Crippen molar-refractivity contribution in [2.75, 3.05) is 7.05 Å². The molecule has 4 nitrogen and oxygen atoms in total. The maximum Gasteiger partial charge on any atom is 0.274 e. The molecule has 0 aromatic carbocycles. The van der Waals surface area contributed by atoms with Crippen LogP contribution in [0, 0.1) is 11.3 Å². The molecule has 0 radical (unpaired) electrons.